The Morgan fingerprint density at radius 3 is 1.86 bits per heavy atom. The summed E-state index contributed by atoms with van der Waals surface area (Å²) in [6.07, 6.45) is 3.39. The molecular weight excluding hydrogens is 304 g/mol. The highest BCUT2D eigenvalue weighted by Crippen LogP contribution is 2.29. The Kier molecular flexibility index (Phi) is 5.07. The van der Waals surface area contributed by atoms with Crippen LogP contribution in [0.2, 0.25) is 0 Å². The molecule has 0 aliphatic rings. The van der Waals surface area contributed by atoms with Crippen LogP contribution in [0.3, 0.4) is 0 Å². The van der Waals surface area contributed by atoms with E-state index in [0.29, 0.717) is 4.90 Å². The number of aryl methyl sites for hydroxylation is 1. The van der Waals surface area contributed by atoms with E-state index in [4.69, 9.17) is 11.6 Å². The largest absolute Gasteiger partial charge is 0.224 e. The summed E-state index contributed by atoms with van der Waals surface area (Å²) in [5.74, 6) is 0. The second kappa shape index (κ2) is 6.63. The monoisotopic (exact) mass is 322 g/mol. The van der Waals surface area contributed by atoms with Crippen molar-refractivity contribution < 1.29 is 8.42 Å². The van der Waals surface area contributed by atoms with Crippen molar-refractivity contribution in [2.24, 2.45) is 0 Å². The molecule has 1 unspecified atom stereocenters. The van der Waals surface area contributed by atoms with Gasteiger partial charge in [-0.1, -0.05) is 49.7 Å². The van der Waals surface area contributed by atoms with Gasteiger partial charge in [0.2, 0.25) is 0 Å². The summed E-state index contributed by atoms with van der Waals surface area (Å²) in [5, 5.41) is -0.269. The van der Waals surface area contributed by atoms with Gasteiger partial charge in [0.15, 0.2) is 9.84 Å². The molecule has 1 atom stereocenters. The van der Waals surface area contributed by atoms with Gasteiger partial charge in [-0.25, -0.2) is 8.42 Å². The van der Waals surface area contributed by atoms with Crippen LogP contribution in [0.15, 0.2) is 53.4 Å². The number of benzene rings is 2. The SMILES string of the molecule is CCCc1ccc(C(Cl)c2ccc(S(C)(=O)=O)cc2)cc1. The second-order valence-electron chi connectivity index (χ2n) is 5.20. The molecule has 0 radical (unpaired) electrons. The minimum atomic E-state index is -3.16. The van der Waals surface area contributed by atoms with Gasteiger partial charge in [0, 0.05) is 6.26 Å². The van der Waals surface area contributed by atoms with Crippen LogP contribution in [0.4, 0.5) is 0 Å². The molecule has 0 heterocycles. The minimum Gasteiger partial charge on any atom is -0.224 e. The number of alkyl halides is 1. The van der Waals surface area contributed by atoms with Crippen molar-refractivity contribution in [1.82, 2.24) is 0 Å². The zero-order chi connectivity index (χ0) is 15.5. The van der Waals surface area contributed by atoms with Crippen LogP contribution in [0.25, 0.3) is 0 Å². The number of sulfone groups is 1. The lowest BCUT2D eigenvalue weighted by atomic mass is 10.0. The van der Waals surface area contributed by atoms with E-state index >= 15 is 0 Å². The maximum Gasteiger partial charge on any atom is 0.175 e. The summed E-state index contributed by atoms with van der Waals surface area (Å²) in [7, 11) is -3.16. The van der Waals surface area contributed by atoms with Crippen LogP contribution in [-0.4, -0.2) is 14.7 Å². The van der Waals surface area contributed by atoms with Crippen molar-refractivity contribution >= 4 is 21.4 Å². The van der Waals surface area contributed by atoms with Gasteiger partial charge in [-0.3, -0.25) is 0 Å². The van der Waals surface area contributed by atoms with Crippen LogP contribution < -0.4 is 0 Å². The van der Waals surface area contributed by atoms with E-state index in [1.807, 2.05) is 12.1 Å². The average Bonchev–Trinajstić information content (AvgIpc) is 2.47. The van der Waals surface area contributed by atoms with Crippen molar-refractivity contribution in [2.45, 2.75) is 30.0 Å². The van der Waals surface area contributed by atoms with Gasteiger partial charge < -0.3 is 0 Å². The summed E-state index contributed by atoms with van der Waals surface area (Å²) < 4.78 is 22.9. The maximum absolute atomic E-state index is 11.5. The van der Waals surface area contributed by atoms with Crippen molar-refractivity contribution in [1.29, 1.82) is 0 Å². The molecular formula is C17H19ClO2S. The van der Waals surface area contributed by atoms with E-state index in [1.54, 1.807) is 24.3 Å². The number of hydrogen-bond donors (Lipinski definition) is 0. The molecule has 0 saturated carbocycles. The molecule has 2 nitrogen and oxygen atoms in total. The lowest BCUT2D eigenvalue weighted by molar-refractivity contribution is 0.602. The molecule has 4 heteroatoms. The quantitative estimate of drug-likeness (QED) is 0.766. The van der Waals surface area contributed by atoms with Crippen molar-refractivity contribution in [3.05, 3.63) is 65.2 Å². The summed E-state index contributed by atoms with van der Waals surface area (Å²) in [4.78, 5) is 0.313. The van der Waals surface area contributed by atoms with Gasteiger partial charge >= 0.3 is 0 Å². The van der Waals surface area contributed by atoms with Crippen LogP contribution in [0.5, 0.6) is 0 Å². The molecule has 2 aromatic carbocycles. The molecule has 0 aliphatic carbocycles. The van der Waals surface area contributed by atoms with Crippen LogP contribution >= 0.6 is 11.6 Å². The molecule has 0 N–H and O–H groups in total. The topological polar surface area (TPSA) is 34.1 Å². The van der Waals surface area contributed by atoms with E-state index in [-0.39, 0.29) is 5.38 Å². The van der Waals surface area contributed by atoms with Crippen LogP contribution in [-0.2, 0) is 16.3 Å². The van der Waals surface area contributed by atoms with E-state index < -0.39 is 9.84 Å². The Morgan fingerprint density at radius 2 is 1.43 bits per heavy atom. The van der Waals surface area contributed by atoms with Crippen LogP contribution in [0, 0.1) is 0 Å². The Labute approximate surface area is 131 Å². The van der Waals surface area contributed by atoms with Crippen molar-refractivity contribution in [2.75, 3.05) is 6.26 Å². The first kappa shape index (κ1) is 16.1. The van der Waals surface area contributed by atoms with Gasteiger partial charge in [0.1, 0.15) is 0 Å². The smallest absolute Gasteiger partial charge is 0.175 e. The summed E-state index contributed by atoms with van der Waals surface area (Å²) in [6.45, 7) is 2.15. The molecule has 0 aliphatic heterocycles. The maximum atomic E-state index is 11.5. The Balaban J connectivity index is 2.21. The molecule has 2 aromatic rings. The molecule has 0 fully saturated rings. The van der Waals surface area contributed by atoms with Gasteiger partial charge in [-0.05, 0) is 35.2 Å². The van der Waals surface area contributed by atoms with E-state index in [1.165, 1.54) is 11.8 Å². The highest BCUT2D eigenvalue weighted by molar-refractivity contribution is 7.90. The summed E-state index contributed by atoms with van der Waals surface area (Å²) in [5.41, 5.74) is 3.22. The molecule has 2 rings (SSSR count). The average molecular weight is 323 g/mol. The third-order valence-corrected chi connectivity index (χ3v) is 5.04. The number of hydrogen-bond acceptors (Lipinski definition) is 2. The molecule has 0 saturated heterocycles. The summed E-state index contributed by atoms with van der Waals surface area (Å²) in [6, 6.07) is 15.0. The molecule has 0 aromatic heterocycles. The Morgan fingerprint density at radius 1 is 0.952 bits per heavy atom. The fourth-order valence-electron chi connectivity index (χ4n) is 2.22. The van der Waals surface area contributed by atoms with E-state index in [2.05, 4.69) is 19.1 Å². The first-order valence-corrected chi connectivity index (χ1v) is 9.27. The van der Waals surface area contributed by atoms with Crippen molar-refractivity contribution in [3.8, 4) is 0 Å². The number of halogens is 1. The first-order valence-electron chi connectivity index (χ1n) is 6.94. The van der Waals surface area contributed by atoms with Gasteiger partial charge in [0.25, 0.3) is 0 Å². The molecule has 112 valence electrons. The lowest BCUT2D eigenvalue weighted by Crippen LogP contribution is -1.98. The van der Waals surface area contributed by atoms with E-state index in [9.17, 15) is 8.42 Å². The van der Waals surface area contributed by atoms with Gasteiger partial charge in [-0.15, -0.1) is 11.6 Å². The zero-order valence-corrected chi connectivity index (χ0v) is 13.8. The third-order valence-electron chi connectivity index (χ3n) is 3.41. The molecule has 0 bridgehead atoms. The van der Waals surface area contributed by atoms with Gasteiger partial charge in [-0.2, -0.15) is 0 Å². The summed E-state index contributed by atoms with van der Waals surface area (Å²) >= 11 is 6.48. The zero-order valence-electron chi connectivity index (χ0n) is 12.2. The molecule has 21 heavy (non-hydrogen) atoms. The predicted molar refractivity (Wildman–Crippen MR) is 87.7 cm³/mol. The number of rotatable bonds is 5. The predicted octanol–water partition coefficient (Wildman–Crippen LogP) is 4.37. The lowest BCUT2D eigenvalue weighted by Gasteiger charge is -2.11. The first-order chi connectivity index (χ1) is 9.91. The normalized spacial score (nSPS) is 13.1. The molecule has 0 amide bonds. The third kappa shape index (κ3) is 4.08. The fourth-order valence-corrected chi connectivity index (χ4v) is 3.14. The minimum absolute atomic E-state index is 0.269. The second-order valence-corrected chi connectivity index (χ2v) is 7.65. The highest BCUT2D eigenvalue weighted by atomic mass is 35.5. The highest BCUT2D eigenvalue weighted by Gasteiger charge is 2.12. The fraction of sp³-hybridized carbons (Fsp3) is 0.294. The van der Waals surface area contributed by atoms with Gasteiger partial charge in [0.05, 0.1) is 10.3 Å². The Hall–Kier alpha value is -1.32. The van der Waals surface area contributed by atoms with Crippen molar-refractivity contribution in [3.63, 3.8) is 0 Å². The van der Waals surface area contributed by atoms with E-state index in [0.717, 1.165) is 24.0 Å². The Bertz CT molecular complexity index is 689. The van der Waals surface area contributed by atoms with Crippen LogP contribution in [0.1, 0.15) is 35.4 Å². The standard InChI is InChI=1S/C17H19ClO2S/c1-3-4-13-5-7-14(8-6-13)17(18)15-9-11-16(12-10-15)21(2,19)20/h5-12,17H,3-4H2,1-2H3. The molecule has 0 spiro atoms.